The summed E-state index contributed by atoms with van der Waals surface area (Å²) in [5.41, 5.74) is 6.05. The Morgan fingerprint density at radius 1 is 1.33 bits per heavy atom. The molecule has 0 bridgehead atoms. The lowest BCUT2D eigenvalue weighted by Crippen LogP contribution is -2.36. The van der Waals surface area contributed by atoms with Crippen LogP contribution < -0.4 is 11.1 Å². The molecule has 21 heavy (non-hydrogen) atoms. The van der Waals surface area contributed by atoms with Crippen molar-refractivity contribution in [1.82, 2.24) is 9.62 Å². The molecule has 0 heterocycles. The van der Waals surface area contributed by atoms with Gasteiger partial charge in [0, 0.05) is 32.1 Å². The maximum Gasteiger partial charge on any atom is 0.221 e. The van der Waals surface area contributed by atoms with E-state index < -0.39 is 10.0 Å². The summed E-state index contributed by atoms with van der Waals surface area (Å²) in [4.78, 5) is 11.7. The molecule has 1 amide bonds. The highest BCUT2D eigenvalue weighted by atomic mass is 32.2. The molecule has 0 aliphatic carbocycles. The summed E-state index contributed by atoms with van der Waals surface area (Å²) >= 11 is 0. The number of amides is 1. The first-order chi connectivity index (χ1) is 9.45. The van der Waals surface area contributed by atoms with E-state index >= 15 is 0 Å². The van der Waals surface area contributed by atoms with Gasteiger partial charge in [-0.25, -0.2) is 12.7 Å². The predicted octanol–water partition coefficient (Wildman–Crippen LogP) is 0.928. The largest absolute Gasteiger partial charge is 0.356 e. The van der Waals surface area contributed by atoms with Gasteiger partial charge in [-0.1, -0.05) is 27.7 Å². The van der Waals surface area contributed by atoms with Gasteiger partial charge in [0.25, 0.3) is 0 Å². The van der Waals surface area contributed by atoms with Crippen molar-refractivity contribution in [1.29, 1.82) is 0 Å². The summed E-state index contributed by atoms with van der Waals surface area (Å²) in [6, 6.07) is -0.145. The average molecular weight is 321 g/mol. The Morgan fingerprint density at radius 3 is 2.33 bits per heavy atom. The van der Waals surface area contributed by atoms with Gasteiger partial charge < -0.3 is 11.1 Å². The molecule has 0 saturated heterocycles. The first kappa shape index (κ1) is 20.3. The monoisotopic (exact) mass is 321 g/mol. The molecule has 126 valence electrons. The van der Waals surface area contributed by atoms with Crippen LogP contribution in [-0.2, 0) is 14.8 Å². The first-order valence-electron chi connectivity index (χ1n) is 7.43. The second-order valence-corrected chi connectivity index (χ2v) is 8.67. The van der Waals surface area contributed by atoms with Gasteiger partial charge in [0.2, 0.25) is 15.9 Å². The first-order valence-corrected chi connectivity index (χ1v) is 9.28. The number of hydrogen-bond donors (Lipinski definition) is 2. The highest BCUT2D eigenvalue weighted by molar-refractivity contribution is 7.88. The zero-order chi connectivity index (χ0) is 16.7. The molecule has 6 nitrogen and oxygen atoms in total. The van der Waals surface area contributed by atoms with Crippen molar-refractivity contribution in [2.45, 2.75) is 53.0 Å². The summed E-state index contributed by atoms with van der Waals surface area (Å²) < 4.78 is 24.2. The van der Waals surface area contributed by atoms with Gasteiger partial charge in [-0.3, -0.25) is 4.79 Å². The maximum absolute atomic E-state index is 11.7. The van der Waals surface area contributed by atoms with E-state index in [9.17, 15) is 13.2 Å². The van der Waals surface area contributed by atoms with Crippen LogP contribution in [0.25, 0.3) is 0 Å². The fraction of sp³-hybridized carbons (Fsp3) is 0.929. The zero-order valence-corrected chi connectivity index (χ0v) is 14.8. The summed E-state index contributed by atoms with van der Waals surface area (Å²) in [7, 11) is -3.15. The lowest BCUT2D eigenvalue weighted by Gasteiger charge is -2.22. The van der Waals surface area contributed by atoms with Crippen molar-refractivity contribution < 1.29 is 13.2 Å². The lowest BCUT2D eigenvalue weighted by atomic mass is 9.87. The molecule has 1 unspecified atom stereocenters. The van der Waals surface area contributed by atoms with Crippen LogP contribution in [0.2, 0.25) is 0 Å². The number of carbonyl (C=O) groups excluding carboxylic acids is 1. The summed E-state index contributed by atoms with van der Waals surface area (Å²) in [5.74, 6) is -0.0749. The van der Waals surface area contributed by atoms with Crippen molar-refractivity contribution in [2.75, 3.05) is 25.9 Å². The Balaban J connectivity index is 3.95. The topological polar surface area (TPSA) is 92.5 Å². The van der Waals surface area contributed by atoms with E-state index in [-0.39, 0.29) is 17.4 Å². The van der Waals surface area contributed by atoms with Crippen LogP contribution in [0.15, 0.2) is 0 Å². The zero-order valence-electron chi connectivity index (χ0n) is 14.0. The van der Waals surface area contributed by atoms with E-state index in [2.05, 4.69) is 26.1 Å². The SMILES string of the molecule is CCN(CCCNC(=O)CC(N)CC(C)(C)C)S(C)(=O)=O. The number of nitrogens with one attached hydrogen (secondary N) is 1. The minimum atomic E-state index is -3.15. The molecule has 0 aromatic heterocycles. The van der Waals surface area contributed by atoms with Crippen molar-refractivity contribution in [3.8, 4) is 0 Å². The predicted molar refractivity (Wildman–Crippen MR) is 86.4 cm³/mol. The van der Waals surface area contributed by atoms with E-state index in [1.54, 1.807) is 6.92 Å². The maximum atomic E-state index is 11.7. The normalized spacial score (nSPS) is 14.2. The van der Waals surface area contributed by atoms with Crippen molar-refractivity contribution in [2.24, 2.45) is 11.1 Å². The Labute approximate surface area is 129 Å². The van der Waals surface area contributed by atoms with Gasteiger partial charge in [-0.05, 0) is 18.3 Å². The van der Waals surface area contributed by atoms with Gasteiger partial charge >= 0.3 is 0 Å². The smallest absolute Gasteiger partial charge is 0.221 e. The van der Waals surface area contributed by atoms with E-state index in [1.165, 1.54) is 10.6 Å². The minimum absolute atomic E-state index is 0.0749. The molecular weight excluding hydrogens is 290 g/mol. The molecule has 0 aromatic carbocycles. The Hall–Kier alpha value is -0.660. The second kappa shape index (κ2) is 8.70. The van der Waals surface area contributed by atoms with E-state index in [0.717, 1.165) is 6.42 Å². The van der Waals surface area contributed by atoms with E-state index in [4.69, 9.17) is 5.73 Å². The van der Waals surface area contributed by atoms with Crippen LogP contribution in [0.4, 0.5) is 0 Å². The van der Waals surface area contributed by atoms with Crippen molar-refractivity contribution in [3.05, 3.63) is 0 Å². The number of nitrogens with two attached hydrogens (primary N) is 1. The number of nitrogens with zero attached hydrogens (tertiary/aromatic N) is 1. The van der Waals surface area contributed by atoms with Crippen LogP contribution in [0, 0.1) is 5.41 Å². The second-order valence-electron chi connectivity index (χ2n) is 6.69. The summed E-state index contributed by atoms with van der Waals surface area (Å²) in [6.07, 6.45) is 2.89. The minimum Gasteiger partial charge on any atom is -0.356 e. The van der Waals surface area contributed by atoms with Gasteiger partial charge in [0.15, 0.2) is 0 Å². The van der Waals surface area contributed by atoms with Gasteiger partial charge in [-0.15, -0.1) is 0 Å². The molecule has 0 fully saturated rings. The lowest BCUT2D eigenvalue weighted by molar-refractivity contribution is -0.121. The molecule has 0 aliphatic heterocycles. The van der Waals surface area contributed by atoms with E-state index in [1.807, 2.05) is 0 Å². The molecule has 0 radical (unpaired) electrons. The summed E-state index contributed by atoms with van der Waals surface area (Å²) in [5, 5.41) is 2.79. The fourth-order valence-corrected chi connectivity index (χ4v) is 3.14. The molecule has 1 atom stereocenters. The average Bonchev–Trinajstić information content (AvgIpc) is 2.24. The van der Waals surface area contributed by atoms with Crippen LogP contribution in [0.5, 0.6) is 0 Å². The standard InChI is InChI=1S/C14H31N3O3S/c1-6-17(21(5,19)20)9-7-8-16-13(18)10-12(15)11-14(2,3)4/h12H,6-11,15H2,1-5H3,(H,16,18). The molecule has 3 N–H and O–H groups in total. The molecule has 0 rings (SSSR count). The molecule has 0 aromatic rings. The highest BCUT2D eigenvalue weighted by Gasteiger charge is 2.18. The summed E-state index contributed by atoms with van der Waals surface area (Å²) in [6.45, 7) is 9.41. The van der Waals surface area contributed by atoms with Gasteiger partial charge in [-0.2, -0.15) is 0 Å². The molecule has 0 aliphatic rings. The molecule has 7 heteroatoms. The Kier molecular flexibility index (Phi) is 8.43. The third-order valence-electron chi connectivity index (χ3n) is 3.05. The molecular formula is C14H31N3O3S. The fourth-order valence-electron chi connectivity index (χ4n) is 2.21. The van der Waals surface area contributed by atoms with Crippen molar-refractivity contribution in [3.63, 3.8) is 0 Å². The Morgan fingerprint density at radius 2 is 1.90 bits per heavy atom. The third kappa shape index (κ3) is 10.7. The van der Waals surface area contributed by atoms with E-state index in [0.29, 0.717) is 32.5 Å². The van der Waals surface area contributed by atoms with Crippen LogP contribution in [0.3, 0.4) is 0 Å². The quantitative estimate of drug-likeness (QED) is 0.618. The Bertz CT molecular complexity index is 416. The number of carbonyl (C=O) groups is 1. The number of sulfonamides is 1. The highest BCUT2D eigenvalue weighted by Crippen LogP contribution is 2.20. The van der Waals surface area contributed by atoms with Crippen LogP contribution >= 0.6 is 0 Å². The number of rotatable bonds is 9. The van der Waals surface area contributed by atoms with Crippen LogP contribution in [0.1, 0.15) is 47.0 Å². The molecule has 0 saturated carbocycles. The van der Waals surface area contributed by atoms with Gasteiger partial charge in [0.1, 0.15) is 0 Å². The van der Waals surface area contributed by atoms with Gasteiger partial charge in [0.05, 0.1) is 6.26 Å². The van der Waals surface area contributed by atoms with Crippen LogP contribution in [-0.4, -0.2) is 50.6 Å². The third-order valence-corrected chi connectivity index (χ3v) is 4.43. The van der Waals surface area contributed by atoms with Crippen molar-refractivity contribution >= 4 is 15.9 Å². The number of hydrogen-bond acceptors (Lipinski definition) is 4. The molecule has 0 spiro atoms.